The van der Waals surface area contributed by atoms with E-state index in [9.17, 15) is 9.59 Å². The van der Waals surface area contributed by atoms with Crippen LogP contribution in [0, 0.1) is 5.92 Å². The number of nitrogens with zero attached hydrogens (tertiary/aromatic N) is 2. The van der Waals surface area contributed by atoms with E-state index in [2.05, 4.69) is 16.3 Å². The van der Waals surface area contributed by atoms with Crippen molar-refractivity contribution in [2.75, 3.05) is 26.2 Å². The molecule has 2 heterocycles. The summed E-state index contributed by atoms with van der Waals surface area (Å²) in [5.74, 6) is -2.26. The van der Waals surface area contributed by atoms with Crippen molar-refractivity contribution in [3.05, 3.63) is 22.4 Å². The van der Waals surface area contributed by atoms with Crippen LogP contribution in [0.15, 0.2) is 17.5 Å². The van der Waals surface area contributed by atoms with Gasteiger partial charge in [-0.2, -0.15) is 0 Å². The van der Waals surface area contributed by atoms with E-state index in [0.29, 0.717) is 13.1 Å². The van der Waals surface area contributed by atoms with Gasteiger partial charge < -0.3 is 10.0 Å². The average molecular weight is 296 g/mol. The summed E-state index contributed by atoms with van der Waals surface area (Å²) in [7, 11) is 0. The van der Waals surface area contributed by atoms with E-state index >= 15 is 0 Å². The molecule has 1 aromatic heterocycles. The second-order valence-corrected chi connectivity index (χ2v) is 6.13. The van der Waals surface area contributed by atoms with Crippen LogP contribution in [0.4, 0.5) is 0 Å². The quantitative estimate of drug-likeness (QED) is 0.856. The van der Waals surface area contributed by atoms with Crippen molar-refractivity contribution in [2.45, 2.75) is 19.9 Å². The Hall–Kier alpha value is -1.40. The topological polar surface area (TPSA) is 60.9 Å². The van der Waals surface area contributed by atoms with Crippen LogP contribution in [0.25, 0.3) is 0 Å². The van der Waals surface area contributed by atoms with Crippen molar-refractivity contribution in [3.8, 4) is 0 Å². The summed E-state index contributed by atoms with van der Waals surface area (Å²) >= 11 is 1.74. The molecule has 0 aromatic carbocycles. The zero-order valence-electron chi connectivity index (χ0n) is 11.6. The molecular formula is C14H20N2O3S. The lowest BCUT2D eigenvalue weighted by Crippen LogP contribution is -2.40. The first-order chi connectivity index (χ1) is 9.58. The largest absolute Gasteiger partial charge is 0.481 e. The summed E-state index contributed by atoms with van der Waals surface area (Å²) in [4.78, 5) is 28.3. The van der Waals surface area contributed by atoms with Crippen LogP contribution in [0.1, 0.15) is 18.2 Å². The van der Waals surface area contributed by atoms with Gasteiger partial charge in [0.25, 0.3) is 0 Å². The van der Waals surface area contributed by atoms with Crippen molar-refractivity contribution in [3.63, 3.8) is 0 Å². The highest BCUT2D eigenvalue weighted by atomic mass is 32.1. The van der Waals surface area contributed by atoms with Crippen LogP contribution in [0.5, 0.6) is 0 Å². The summed E-state index contributed by atoms with van der Waals surface area (Å²) in [6.45, 7) is 5.38. The maximum absolute atomic E-state index is 12.0. The average Bonchev–Trinajstić information content (AvgIpc) is 2.82. The van der Waals surface area contributed by atoms with Gasteiger partial charge in [0, 0.05) is 37.6 Å². The Morgan fingerprint density at radius 1 is 1.35 bits per heavy atom. The lowest BCUT2D eigenvalue weighted by molar-refractivity contribution is -0.150. The number of carboxylic acid groups (broad SMARTS) is 1. The summed E-state index contributed by atoms with van der Waals surface area (Å²) in [6.07, 6.45) is 0.892. The fourth-order valence-electron chi connectivity index (χ4n) is 2.35. The Morgan fingerprint density at radius 3 is 2.80 bits per heavy atom. The van der Waals surface area contributed by atoms with Crippen LogP contribution >= 0.6 is 11.3 Å². The maximum Gasteiger partial charge on any atom is 0.315 e. The summed E-state index contributed by atoms with van der Waals surface area (Å²) in [5, 5.41) is 11.0. The van der Waals surface area contributed by atoms with Gasteiger partial charge in [-0.1, -0.05) is 6.07 Å². The van der Waals surface area contributed by atoms with E-state index in [0.717, 1.165) is 26.1 Å². The monoisotopic (exact) mass is 296 g/mol. The Bertz CT molecular complexity index is 461. The van der Waals surface area contributed by atoms with Gasteiger partial charge in [0.15, 0.2) is 0 Å². The fraction of sp³-hybridized carbons (Fsp3) is 0.571. The van der Waals surface area contributed by atoms with E-state index in [4.69, 9.17) is 5.11 Å². The molecular weight excluding hydrogens is 276 g/mol. The van der Waals surface area contributed by atoms with E-state index in [1.807, 2.05) is 6.07 Å². The molecule has 1 saturated heterocycles. The van der Waals surface area contributed by atoms with E-state index in [1.54, 1.807) is 16.2 Å². The third-order valence-corrected chi connectivity index (χ3v) is 4.46. The molecule has 1 aliphatic heterocycles. The summed E-state index contributed by atoms with van der Waals surface area (Å²) in [5.41, 5.74) is 0. The van der Waals surface area contributed by atoms with Crippen LogP contribution in [-0.4, -0.2) is 53.0 Å². The number of aliphatic carboxylic acids is 1. The van der Waals surface area contributed by atoms with Gasteiger partial charge in [-0.25, -0.2) is 0 Å². The van der Waals surface area contributed by atoms with Crippen LogP contribution in [0.2, 0.25) is 0 Å². The first-order valence-corrected chi connectivity index (χ1v) is 7.72. The third kappa shape index (κ3) is 3.80. The second kappa shape index (κ2) is 6.85. The summed E-state index contributed by atoms with van der Waals surface area (Å²) < 4.78 is 0. The standard InChI is InChI=1S/C14H20N2O3S/c1-11(14(18)19)13(17)16-6-3-5-15(7-8-16)10-12-4-2-9-20-12/h2,4,9,11H,3,5-8,10H2,1H3,(H,18,19). The molecule has 1 N–H and O–H groups in total. The van der Waals surface area contributed by atoms with Crippen molar-refractivity contribution >= 4 is 23.2 Å². The lowest BCUT2D eigenvalue weighted by atomic mass is 10.1. The number of carbonyl (C=O) groups excluding carboxylic acids is 1. The number of carbonyl (C=O) groups is 2. The van der Waals surface area contributed by atoms with Crippen molar-refractivity contribution in [1.29, 1.82) is 0 Å². The number of rotatable bonds is 4. The second-order valence-electron chi connectivity index (χ2n) is 5.09. The number of hydrogen-bond acceptors (Lipinski definition) is 4. The molecule has 1 amide bonds. The summed E-state index contributed by atoms with van der Waals surface area (Å²) in [6, 6.07) is 4.16. The van der Waals surface area contributed by atoms with Crippen molar-refractivity contribution in [2.24, 2.45) is 5.92 Å². The van der Waals surface area contributed by atoms with Gasteiger partial charge in [-0.15, -0.1) is 11.3 Å². The molecule has 1 aromatic rings. The minimum atomic E-state index is -1.05. The number of carboxylic acids is 1. The Balaban J connectivity index is 1.88. The van der Waals surface area contributed by atoms with Crippen LogP contribution < -0.4 is 0 Å². The molecule has 2 rings (SSSR count). The van der Waals surface area contributed by atoms with Gasteiger partial charge in [-0.05, 0) is 24.8 Å². The van der Waals surface area contributed by atoms with Crippen molar-refractivity contribution in [1.82, 2.24) is 9.80 Å². The molecule has 20 heavy (non-hydrogen) atoms. The van der Waals surface area contributed by atoms with Gasteiger partial charge in [0.2, 0.25) is 5.91 Å². The van der Waals surface area contributed by atoms with Gasteiger partial charge in [-0.3, -0.25) is 14.5 Å². The molecule has 0 saturated carbocycles. The molecule has 1 unspecified atom stereocenters. The first-order valence-electron chi connectivity index (χ1n) is 6.84. The normalized spacial score (nSPS) is 18.6. The molecule has 0 spiro atoms. The zero-order valence-corrected chi connectivity index (χ0v) is 12.4. The number of thiophene rings is 1. The van der Waals surface area contributed by atoms with Crippen molar-refractivity contribution < 1.29 is 14.7 Å². The Kier molecular flexibility index (Phi) is 5.14. The molecule has 110 valence electrons. The molecule has 0 radical (unpaired) electrons. The van der Waals surface area contributed by atoms with Crippen LogP contribution in [0.3, 0.4) is 0 Å². The van der Waals surface area contributed by atoms with Gasteiger partial charge in [0.05, 0.1) is 0 Å². The highest BCUT2D eigenvalue weighted by molar-refractivity contribution is 7.09. The maximum atomic E-state index is 12.0. The smallest absolute Gasteiger partial charge is 0.315 e. The minimum absolute atomic E-state index is 0.268. The molecule has 5 nitrogen and oxygen atoms in total. The molecule has 0 bridgehead atoms. The molecule has 1 atom stereocenters. The molecule has 6 heteroatoms. The van der Waals surface area contributed by atoms with Gasteiger partial charge in [0.1, 0.15) is 5.92 Å². The minimum Gasteiger partial charge on any atom is -0.481 e. The molecule has 0 aliphatic carbocycles. The predicted octanol–water partition coefficient (Wildman–Crippen LogP) is 1.50. The lowest BCUT2D eigenvalue weighted by Gasteiger charge is -2.23. The van der Waals surface area contributed by atoms with E-state index in [-0.39, 0.29) is 5.91 Å². The Morgan fingerprint density at radius 2 is 2.15 bits per heavy atom. The molecule has 1 fully saturated rings. The SMILES string of the molecule is CC(C(=O)O)C(=O)N1CCCN(Cc2cccs2)CC1. The predicted molar refractivity (Wildman–Crippen MR) is 77.6 cm³/mol. The highest BCUT2D eigenvalue weighted by Gasteiger charge is 2.27. The molecule has 1 aliphatic rings. The van der Waals surface area contributed by atoms with E-state index in [1.165, 1.54) is 11.8 Å². The van der Waals surface area contributed by atoms with Crippen LogP contribution in [-0.2, 0) is 16.1 Å². The Labute approximate surface area is 122 Å². The third-order valence-electron chi connectivity index (χ3n) is 3.60. The zero-order chi connectivity index (χ0) is 14.5. The highest BCUT2D eigenvalue weighted by Crippen LogP contribution is 2.14. The first kappa shape index (κ1) is 15.0. The van der Waals surface area contributed by atoms with Gasteiger partial charge >= 0.3 is 5.97 Å². The number of amides is 1. The fourth-order valence-corrected chi connectivity index (χ4v) is 3.10. The number of hydrogen-bond donors (Lipinski definition) is 1. The van der Waals surface area contributed by atoms with E-state index < -0.39 is 11.9 Å².